The van der Waals surface area contributed by atoms with E-state index in [-0.39, 0.29) is 17.7 Å². The topological polar surface area (TPSA) is 80.9 Å². The summed E-state index contributed by atoms with van der Waals surface area (Å²) >= 11 is 1.23. The largest absolute Gasteiger partial charge is 0.411 e. The standard InChI is InChI=1S/C14H18N4O2S/c1-9(2)10(3)16-12(19)8-21-14-18-17-13(20-14)11-5-4-6-15-7-11/h4-7,9-10H,8H2,1-3H3,(H,16,19). The molecule has 2 rings (SSSR count). The molecule has 1 atom stereocenters. The predicted molar refractivity (Wildman–Crippen MR) is 80.7 cm³/mol. The highest BCUT2D eigenvalue weighted by atomic mass is 32.2. The molecule has 0 aliphatic carbocycles. The summed E-state index contributed by atoms with van der Waals surface area (Å²) in [5.41, 5.74) is 0.759. The summed E-state index contributed by atoms with van der Waals surface area (Å²) in [4.78, 5) is 15.8. The van der Waals surface area contributed by atoms with Crippen LogP contribution in [0.3, 0.4) is 0 Å². The van der Waals surface area contributed by atoms with Crippen LogP contribution in [-0.4, -0.2) is 32.9 Å². The Labute approximate surface area is 127 Å². The summed E-state index contributed by atoms with van der Waals surface area (Å²) < 4.78 is 5.49. The number of carbonyl (C=O) groups is 1. The Morgan fingerprint density at radius 3 is 2.86 bits per heavy atom. The van der Waals surface area contributed by atoms with Gasteiger partial charge in [-0.2, -0.15) is 0 Å². The van der Waals surface area contributed by atoms with Crippen molar-refractivity contribution in [1.29, 1.82) is 0 Å². The number of rotatable bonds is 6. The van der Waals surface area contributed by atoms with Crippen LogP contribution in [0, 0.1) is 5.92 Å². The van der Waals surface area contributed by atoms with Crippen molar-refractivity contribution in [2.75, 3.05) is 5.75 Å². The van der Waals surface area contributed by atoms with Crippen LogP contribution < -0.4 is 5.32 Å². The zero-order valence-electron chi connectivity index (χ0n) is 12.2. The van der Waals surface area contributed by atoms with E-state index in [2.05, 4.69) is 34.3 Å². The first-order valence-corrected chi connectivity index (χ1v) is 7.71. The second kappa shape index (κ2) is 7.21. The minimum Gasteiger partial charge on any atom is -0.411 e. The van der Waals surface area contributed by atoms with Gasteiger partial charge in [0.15, 0.2) is 0 Å². The van der Waals surface area contributed by atoms with Crippen LogP contribution in [0.25, 0.3) is 11.5 Å². The van der Waals surface area contributed by atoms with Gasteiger partial charge in [-0.1, -0.05) is 25.6 Å². The predicted octanol–water partition coefficient (Wildman–Crippen LogP) is 2.38. The Morgan fingerprint density at radius 2 is 2.19 bits per heavy atom. The van der Waals surface area contributed by atoms with E-state index >= 15 is 0 Å². The SMILES string of the molecule is CC(C)C(C)NC(=O)CSc1nnc(-c2cccnc2)o1. The van der Waals surface area contributed by atoms with E-state index in [0.717, 1.165) is 5.56 Å². The van der Waals surface area contributed by atoms with Crippen molar-refractivity contribution in [3.8, 4) is 11.5 Å². The van der Waals surface area contributed by atoms with Gasteiger partial charge in [-0.15, -0.1) is 10.2 Å². The average molecular weight is 306 g/mol. The lowest BCUT2D eigenvalue weighted by Gasteiger charge is -2.16. The number of aromatic nitrogens is 3. The van der Waals surface area contributed by atoms with E-state index in [0.29, 0.717) is 17.0 Å². The maximum atomic E-state index is 11.8. The zero-order valence-corrected chi connectivity index (χ0v) is 13.1. The van der Waals surface area contributed by atoms with Crippen LogP contribution in [-0.2, 0) is 4.79 Å². The molecule has 0 aliphatic heterocycles. The molecule has 0 fully saturated rings. The van der Waals surface area contributed by atoms with Crippen molar-refractivity contribution in [2.24, 2.45) is 5.92 Å². The van der Waals surface area contributed by atoms with E-state index in [1.54, 1.807) is 18.5 Å². The van der Waals surface area contributed by atoms with Crippen molar-refractivity contribution in [3.05, 3.63) is 24.5 Å². The first kappa shape index (κ1) is 15.5. The third-order valence-corrected chi connectivity index (χ3v) is 3.85. The fourth-order valence-corrected chi connectivity index (χ4v) is 2.04. The Morgan fingerprint density at radius 1 is 1.38 bits per heavy atom. The van der Waals surface area contributed by atoms with Crippen LogP contribution in [0.4, 0.5) is 0 Å². The number of nitrogens with zero attached hydrogens (tertiary/aromatic N) is 3. The summed E-state index contributed by atoms with van der Waals surface area (Å²) in [7, 11) is 0. The van der Waals surface area contributed by atoms with E-state index in [1.165, 1.54) is 11.8 Å². The minimum absolute atomic E-state index is 0.0395. The number of pyridine rings is 1. The Bertz CT molecular complexity index is 586. The number of amides is 1. The number of hydrogen-bond acceptors (Lipinski definition) is 6. The van der Waals surface area contributed by atoms with Crippen molar-refractivity contribution in [3.63, 3.8) is 0 Å². The fourth-order valence-electron chi connectivity index (χ4n) is 1.46. The molecule has 0 aliphatic rings. The smallest absolute Gasteiger partial charge is 0.277 e. The normalized spacial score (nSPS) is 12.4. The first-order valence-electron chi connectivity index (χ1n) is 6.72. The summed E-state index contributed by atoms with van der Waals surface area (Å²) in [6, 6.07) is 3.78. The molecular weight excluding hydrogens is 288 g/mol. The molecule has 0 bridgehead atoms. The highest BCUT2D eigenvalue weighted by Gasteiger charge is 2.14. The third kappa shape index (κ3) is 4.56. The maximum absolute atomic E-state index is 11.8. The molecule has 0 spiro atoms. The maximum Gasteiger partial charge on any atom is 0.277 e. The van der Waals surface area contributed by atoms with Crippen molar-refractivity contribution in [1.82, 2.24) is 20.5 Å². The van der Waals surface area contributed by atoms with Gasteiger partial charge in [0.25, 0.3) is 5.22 Å². The Balaban J connectivity index is 1.87. The number of nitrogens with one attached hydrogen (secondary N) is 1. The van der Waals surface area contributed by atoms with Crippen molar-refractivity contribution >= 4 is 17.7 Å². The molecular formula is C14H18N4O2S. The lowest BCUT2D eigenvalue weighted by atomic mass is 10.1. The molecule has 0 saturated heterocycles. The summed E-state index contributed by atoms with van der Waals surface area (Å²) in [5.74, 6) is 1.02. The molecule has 2 heterocycles. The quantitative estimate of drug-likeness (QED) is 0.825. The van der Waals surface area contributed by atoms with Crippen LogP contribution in [0.5, 0.6) is 0 Å². The summed E-state index contributed by atoms with van der Waals surface area (Å²) in [5, 5.41) is 11.2. The molecule has 7 heteroatoms. The monoisotopic (exact) mass is 306 g/mol. The number of hydrogen-bond donors (Lipinski definition) is 1. The van der Waals surface area contributed by atoms with Crippen LogP contribution >= 0.6 is 11.8 Å². The van der Waals surface area contributed by atoms with E-state index in [9.17, 15) is 4.79 Å². The minimum atomic E-state index is -0.0395. The van der Waals surface area contributed by atoms with Gasteiger partial charge in [0.05, 0.1) is 11.3 Å². The molecule has 1 unspecified atom stereocenters. The molecule has 6 nitrogen and oxygen atoms in total. The van der Waals surface area contributed by atoms with Gasteiger partial charge in [0.1, 0.15) is 0 Å². The van der Waals surface area contributed by atoms with Gasteiger partial charge in [-0.25, -0.2) is 0 Å². The Kier molecular flexibility index (Phi) is 5.32. The number of carbonyl (C=O) groups excluding carboxylic acids is 1. The van der Waals surface area contributed by atoms with Crippen LogP contribution in [0.1, 0.15) is 20.8 Å². The molecule has 0 aromatic carbocycles. The molecule has 21 heavy (non-hydrogen) atoms. The molecule has 112 valence electrons. The van der Waals surface area contributed by atoms with Gasteiger partial charge in [0.2, 0.25) is 11.8 Å². The van der Waals surface area contributed by atoms with Gasteiger partial charge in [0, 0.05) is 18.4 Å². The summed E-state index contributed by atoms with van der Waals surface area (Å²) in [6.45, 7) is 6.12. The van der Waals surface area contributed by atoms with Gasteiger partial charge < -0.3 is 9.73 Å². The van der Waals surface area contributed by atoms with Gasteiger partial charge in [-0.3, -0.25) is 9.78 Å². The molecule has 2 aromatic rings. The summed E-state index contributed by atoms with van der Waals surface area (Å²) in [6.07, 6.45) is 3.33. The van der Waals surface area contributed by atoms with Gasteiger partial charge >= 0.3 is 0 Å². The number of thioether (sulfide) groups is 1. The van der Waals surface area contributed by atoms with E-state index < -0.39 is 0 Å². The second-order valence-electron chi connectivity index (χ2n) is 5.00. The van der Waals surface area contributed by atoms with E-state index in [1.807, 2.05) is 13.0 Å². The second-order valence-corrected chi connectivity index (χ2v) is 5.93. The zero-order chi connectivity index (χ0) is 15.2. The van der Waals surface area contributed by atoms with Crippen molar-refractivity contribution in [2.45, 2.75) is 32.0 Å². The third-order valence-electron chi connectivity index (χ3n) is 3.03. The first-order chi connectivity index (χ1) is 10.1. The highest BCUT2D eigenvalue weighted by Crippen LogP contribution is 2.22. The fraction of sp³-hybridized carbons (Fsp3) is 0.429. The van der Waals surface area contributed by atoms with E-state index in [4.69, 9.17) is 4.42 Å². The Hall–Kier alpha value is -1.89. The van der Waals surface area contributed by atoms with Gasteiger partial charge in [-0.05, 0) is 25.0 Å². The average Bonchev–Trinajstić information content (AvgIpc) is 2.95. The lowest BCUT2D eigenvalue weighted by Crippen LogP contribution is -2.37. The van der Waals surface area contributed by atoms with Crippen LogP contribution in [0.2, 0.25) is 0 Å². The van der Waals surface area contributed by atoms with Crippen LogP contribution in [0.15, 0.2) is 34.2 Å². The molecule has 2 aromatic heterocycles. The highest BCUT2D eigenvalue weighted by molar-refractivity contribution is 7.99. The lowest BCUT2D eigenvalue weighted by molar-refractivity contribution is -0.119. The molecule has 1 N–H and O–H groups in total. The molecule has 0 saturated carbocycles. The molecule has 1 amide bonds. The van der Waals surface area contributed by atoms with Crippen molar-refractivity contribution < 1.29 is 9.21 Å². The molecule has 0 radical (unpaired) electrons.